The number of rotatable bonds is 7. The highest BCUT2D eigenvalue weighted by Crippen LogP contribution is 2.25. The lowest BCUT2D eigenvalue weighted by atomic mass is 10.1. The van der Waals surface area contributed by atoms with Crippen molar-refractivity contribution in [1.29, 1.82) is 0 Å². The van der Waals surface area contributed by atoms with Gasteiger partial charge in [-0.2, -0.15) is 0 Å². The lowest BCUT2D eigenvalue weighted by Crippen LogP contribution is -2.32. The van der Waals surface area contributed by atoms with Crippen LogP contribution in [0.3, 0.4) is 0 Å². The highest BCUT2D eigenvalue weighted by molar-refractivity contribution is 6.31. The van der Waals surface area contributed by atoms with E-state index in [4.69, 9.17) is 11.6 Å². The standard InChI is InChI=1S/C15H25ClN2/c1-12(2)11-17-9-10-18(4)13(3)14-7-5-6-8-15(14)16/h5-8,12-13,17H,9-11H2,1-4H3. The molecule has 1 rings (SSSR count). The second kappa shape index (κ2) is 7.78. The topological polar surface area (TPSA) is 15.3 Å². The van der Waals surface area contributed by atoms with Gasteiger partial charge in [-0.3, -0.25) is 4.90 Å². The van der Waals surface area contributed by atoms with Gasteiger partial charge in [-0.05, 0) is 38.1 Å². The second-order valence-electron chi connectivity index (χ2n) is 5.28. The molecular weight excluding hydrogens is 244 g/mol. The van der Waals surface area contributed by atoms with Crippen molar-refractivity contribution >= 4 is 11.6 Å². The molecule has 1 unspecified atom stereocenters. The second-order valence-corrected chi connectivity index (χ2v) is 5.68. The monoisotopic (exact) mass is 268 g/mol. The van der Waals surface area contributed by atoms with Crippen molar-refractivity contribution in [3.05, 3.63) is 34.9 Å². The van der Waals surface area contributed by atoms with E-state index in [0.29, 0.717) is 12.0 Å². The van der Waals surface area contributed by atoms with Gasteiger partial charge in [-0.25, -0.2) is 0 Å². The Morgan fingerprint density at radius 3 is 2.50 bits per heavy atom. The van der Waals surface area contributed by atoms with Gasteiger partial charge in [0, 0.05) is 24.2 Å². The smallest absolute Gasteiger partial charge is 0.0453 e. The lowest BCUT2D eigenvalue weighted by molar-refractivity contribution is 0.260. The summed E-state index contributed by atoms with van der Waals surface area (Å²) in [5.41, 5.74) is 1.20. The minimum Gasteiger partial charge on any atom is -0.315 e. The molecule has 102 valence electrons. The van der Waals surface area contributed by atoms with Crippen LogP contribution in [0.1, 0.15) is 32.4 Å². The van der Waals surface area contributed by atoms with Crippen LogP contribution < -0.4 is 5.32 Å². The van der Waals surface area contributed by atoms with Gasteiger partial charge in [0.25, 0.3) is 0 Å². The molecule has 18 heavy (non-hydrogen) atoms. The minimum atomic E-state index is 0.347. The molecule has 0 fully saturated rings. The van der Waals surface area contributed by atoms with Crippen molar-refractivity contribution in [2.75, 3.05) is 26.7 Å². The van der Waals surface area contributed by atoms with Crippen LogP contribution in [-0.4, -0.2) is 31.6 Å². The summed E-state index contributed by atoms with van der Waals surface area (Å²) in [6, 6.07) is 8.42. The predicted octanol–water partition coefficient (Wildman–Crippen LogP) is 3.58. The van der Waals surface area contributed by atoms with Gasteiger partial charge in [0.05, 0.1) is 0 Å². The van der Waals surface area contributed by atoms with E-state index in [2.05, 4.69) is 44.1 Å². The zero-order chi connectivity index (χ0) is 13.5. The fraction of sp³-hybridized carbons (Fsp3) is 0.600. The van der Waals surface area contributed by atoms with Crippen molar-refractivity contribution in [2.45, 2.75) is 26.8 Å². The molecule has 0 aromatic heterocycles. The van der Waals surface area contributed by atoms with E-state index in [9.17, 15) is 0 Å². The van der Waals surface area contributed by atoms with Gasteiger partial charge in [0.15, 0.2) is 0 Å². The number of likely N-dealkylation sites (N-methyl/N-ethyl adjacent to an activating group) is 1. The molecule has 1 atom stereocenters. The first kappa shape index (κ1) is 15.5. The average Bonchev–Trinajstić information content (AvgIpc) is 2.34. The van der Waals surface area contributed by atoms with E-state index >= 15 is 0 Å². The van der Waals surface area contributed by atoms with Gasteiger partial charge in [-0.15, -0.1) is 0 Å². The lowest BCUT2D eigenvalue weighted by Gasteiger charge is -2.26. The molecular formula is C15H25ClN2. The van der Waals surface area contributed by atoms with Crippen LogP contribution in [0.25, 0.3) is 0 Å². The maximum atomic E-state index is 6.22. The summed E-state index contributed by atoms with van der Waals surface area (Å²) in [5, 5.41) is 4.32. The number of halogens is 1. The van der Waals surface area contributed by atoms with Crippen molar-refractivity contribution in [1.82, 2.24) is 10.2 Å². The maximum absolute atomic E-state index is 6.22. The Kier molecular flexibility index (Phi) is 6.69. The van der Waals surface area contributed by atoms with Gasteiger partial charge in [0.2, 0.25) is 0 Å². The molecule has 1 aromatic carbocycles. The largest absolute Gasteiger partial charge is 0.315 e. The van der Waals surface area contributed by atoms with Gasteiger partial charge in [0.1, 0.15) is 0 Å². The molecule has 0 bridgehead atoms. The zero-order valence-electron chi connectivity index (χ0n) is 11.9. The molecule has 0 heterocycles. The molecule has 2 nitrogen and oxygen atoms in total. The van der Waals surface area contributed by atoms with Crippen molar-refractivity contribution in [2.24, 2.45) is 5.92 Å². The molecule has 0 aliphatic heterocycles. The van der Waals surface area contributed by atoms with E-state index in [1.807, 2.05) is 18.2 Å². The molecule has 0 amide bonds. The normalized spacial score (nSPS) is 13.3. The van der Waals surface area contributed by atoms with Crippen LogP contribution >= 0.6 is 11.6 Å². The molecule has 0 radical (unpaired) electrons. The fourth-order valence-electron chi connectivity index (χ4n) is 1.89. The Labute approximate surface area is 116 Å². The van der Waals surface area contributed by atoms with Crippen molar-refractivity contribution in [3.8, 4) is 0 Å². The third-order valence-electron chi connectivity index (χ3n) is 3.21. The van der Waals surface area contributed by atoms with E-state index in [-0.39, 0.29) is 0 Å². The maximum Gasteiger partial charge on any atom is 0.0453 e. The molecule has 0 aliphatic carbocycles. The summed E-state index contributed by atoms with van der Waals surface area (Å²) in [5.74, 6) is 0.705. The van der Waals surface area contributed by atoms with Gasteiger partial charge < -0.3 is 5.32 Å². The first-order valence-electron chi connectivity index (χ1n) is 6.67. The summed E-state index contributed by atoms with van der Waals surface area (Å²) < 4.78 is 0. The number of hydrogen-bond acceptors (Lipinski definition) is 2. The first-order chi connectivity index (χ1) is 8.52. The molecule has 0 saturated heterocycles. The van der Waals surface area contributed by atoms with Crippen molar-refractivity contribution < 1.29 is 0 Å². The van der Waals surface area contributed by atoms with Crippen LogP contribution in [0.5, 0.6) is 0 Å². The molecule has 0 spiro atoms. The highest BCUT2D eigenvalue weighted by atomic mass is 35.5. The van der Waals surface area contributed by atoms with E-state index in [1.54, 1.807) is 0 Å². The fourth-order valence-corrected chi connectivity index (χ4v) is 2.18. The first-order valence-corrected chi connectivity index (χ1v) is 7.05. The highest BCUT2D eigenvalue weighted by Gasteiger charge is 2.13. The van der Waals surface area contributed by atoms with Gasteiger partial charge in [-0.1, -0.05) is 43.6 Å². The Morgan fingerprint density at radius 2 is 1.89 bits per heavy atom. The third kappa shape index (κ3) is 4.97. The quantitative estimate of drug-likeness (QED) is 0.761. The summed E-state index contributed by atoms with van der Waals surface area (Å²) in [6.45, 7) is 9.77. The summed E-state index contributed by atoms with van der Waals surface area (Å²) in [4.78, 5) is 2.33. The number of nitrogens with one attached hydrogen (secondary N) is 1. The summed E-state index contributed by atoms with van der Waals surface area (Å²) in [6.07, 6.45) is 0. The van der Waals surface area contributed by atoms with Gasteiger partial charge >= 0.3 is 0 Å². The average molecular weight is 269 g/mol. The molecule has 0 aliphatic rings. The van der Waals surface area contributed by atoms with Crippen LogP contribution in [0, 0.1) is 5.92 Å². The van der Waals surface area contributed by atoms with Crippen LogP contribution in [0.4, 0.5) is 0 Å². The van der Waals surface area contributed by atoms with Crippen LogP contribution in [0.15, 0.2) is 24.3 Å². The van der Waals surface area contributed by atoms with E-state index < -0.39 is 0 Å². The van der Waals surface area contributed by atoms with Crippen molar-refractivity contribution in [3.63, 3.8) is 0 Å². The minimum absolute atomic E-state index is 0.347. The zero-order valence-corrected chi connectivity index (χ0v) is 12.7. The van der Waals surface area contributed by atoms with E-state index in [0.717, 1.165) is 24.7 Å². The number of benzene rings is 1. The molecule has 3 heteroatoms. The summed E-state index contributed by atoms with van der Waals surface area (Å²) in [7, 11) is 2.14. The predicted molar refractivity (Wildman–Crippen MR) is 80.2 cm³/mol. The van der Waals surface area contributed by atoms with Crippen LogP contribution in [0.2, 0.25) is 5.02 Å². The Bertz CT molecular complexity index is 352. The third-order valence-corrected chi connectivity index (χ3v) is 3.55. The molecule has 0 saturated carbocycles. The Balaban J connectivity index is 2.42. The van der Waals surface area contributed by atoms with E-state index in [1.165, 1.54) is 5.56 Å². The number of hydrogen-bond donors (Lipinski definition) is 1. The van der Waals surface area contributed by atoms with Crippen LogP contribution in [-0.2, 0) is 0 Å². The summed E-state index contributed by atoms with van der Waals surface area (Å²) >= 11 is 6.22. The Morgan fingerprint density at radius 1 is 1.22 bits per heavy atom. The molecule has 1 N–H and O–H groups in total. The SMILES string of the molecule is CC(C)CNCCN(C)C(C)c1ccccc1Cl. The number of nitrogens with zero attached hydrogens (tertiary/aromatic N) is 1. The molecule has 1 aromatic rings. The Hall–Kier alpha value is -0.570.